The summed E-state index contributed by atoms with van der Waals surface area (Å²) >= 11 is 0. The van der Waals surface area contributed by atoms with Crippen LogP contribution in [0.3, 0.4) is 0 Å². The fraction of sp³-hybridized carbons (Fsp3) is 0.706. The second kappa shape index (κ2) is 6.68. The van der Waals surface area contributed by atoms with Gasteiger partial charge in [-0.2, -0.15) is 0 Å². The predicted octanol–water partition coefficient (Wildman–Crippen LogP) is 3.49. The van der Waals surface area contributed by atoms with Crippen LogP contribution < -0.4 is 5.32 Å². The molecular weight excluding hydrogens is 248 g/mol. The van der Waals surface area contributed by atoms with Gasteiger partial charge in [-0.3, -0.25) is 4.98 Å². The number of hydrogen-bond donors (Lipinski definition) is 1. The van der Waals surface area contributed by atoms with Crippen LogP contribution in [0.4, 0.5) is 0 Å². The highest BCUT2D eigenvalue weighted by Crippen LogP contribution is 2.40. The topological polar surface area (TPSA) is 34.2 Å². The Labute approximate surface area is 123 Å². The Morgan fingerprint density at radius 1 is 1.25 bits per heavy atom. The Hall–Kier alpha value is -0.930. The van der Waals surface area contributed by atoms with Crippen LogP contribution in [0.1, 0.15) is 51.4 Å². The molecule has 2 heterocycles. The smallest absolute Gasteiger partial charge is 0.0600 e. The van der Waals surface area contributed by atoms with Crippen molar-refractivity contribution in [1.82, 2.24) is 10.3 Å². The molecule has 5 unspecified atom stereocenters. The van der Waals surface area contributed by atoms with E-state index in [1.165, 1.54) is 5.56 Å². The molecule has 0 aromatic carbocycles. The molecule has 1 saturated heterocycles. The molecule has 1 N–H and O–H groups in total. The van der Waals surface area contributed by atoms with Crippen LogP contribution in [0, 0.1) is 18.8 Å². The van der Waals surface area contributed by atoms with Gasteiger partial charge in [0.2, 0.25) is 0 Å². The first-order chi connectivity index (χ1) is 9.54. The fourth-order valence-electron chi connectivity index (χ4n) is 3.31. The number of rotatable bonds is 5. The zero-order valence-electron chi connectivity index (χ0n) is 13.4. The predicted molar refractivity (Wildman–Crippen MR) is 82.7 cm³/mol. The maximum atomic E-state index is 6.03. The molecular formula is C17H28N2O. The van der Waals surface area contributed by atoms with Crippen molar-refractivity contribution in [2.75, 3.05) is 6.54 Å². The average molecular weight is 276 g/mol. The first-order valence-electron chi connectivity index (χ1n) is 7.86. The van der Waals surface area contributed by atoms with Gasteiger partial charge in [0.15, 0.2) is 0 Å². The van der Waals surface area contributed by atoms with Crippen molar-refractivity contribution in [1.29, 1.82) is 0 Å². The van der Waals surface area contributed by atoms with E-state index in [0.717, 1.165) is 18.7 Å². The molecule has 0 saturated carbocycles. The van der Waals surface area contributed by atoms with E-state index in [1.807, 2.05) is 13.1 Å². The molecule has 1 aliphatic rings. The Balaban J connectivity index is 2.25. The van der Waals surface area contributed by atoms with E-state index in [9.17, 15) is 0 Å². The molecule has 1 aromatic rings. The summed E-state index contributed by atoms with van der Waals surface area (Å²) < 4.78 is 6.03. The highest BCUT2D eigenvalue weighted by molar-refractivity contribution is 5.19. The van der Waals surface area contributed by atoms with Gasteiger partial charge in [-0.25, -0.2) is 0 Å². The van der Waals surface area contributed by atoms with Gasteiger partial charge in [0.1, 0.15) is 0 Å². The van der Waals surface area contributed by atoms with Gasteiger partial charge in [0.25, 0.3) is 0 Å². The van der Waals surface area contributed by atoms with E-state index >= 15 is 0 Å². The number of aryl methyl sites for hydroxylation is 1. The van der Waals surface area contributed by atoms with Crippen molar-refractivity contribution in [3.63, 3.8) is 0 Å². The molecule has 3 heteroatoms. The molecule has 1 aliphatic heterocycles. The number of aromatic nitrogens is 1. The minimum atomic E-state index is 0.288. The van der Waals surface area contributed by atoms with Crippen LogP contribution in [-0.2, 0) is 4.74 Å². The van der Waals surface area contributed by atoms with Crippen LogP contribution in [0.15, 0.2) is 18.3 Å². The van der Waals surface area contributed by atoms with E-state index in [1.54, 1.807) is 0 Å². The van der Waals surface area contributed by atoms with Gasteiger partial charge in [-0.1, -0.05) is 19.9 Å². The SMILES string of the molecule is CCCNC(c1ccc(C)nc1)C1C(C)OC(C)C1C. The zero-order chi connectivity index (χ0) is 14.7. The lowest BCUT2D eigenvalue weighted by atomic mass is 9.80. The van der Waals surface area contributed by atoms with Crippen molar-refractivity contribution in [2.45, 2.75) is 59.3 Å². The number of nitrogens with one attached hydrogen (secondary N) is 1. The third-order valence-corrected chi connectivity index (χ3v) is 4.61. The van der Waals surface area contributed by atoms with E-state index < -0.39 is 0 Å². The van der Waals surface area contributed by atoms with Gasteiger partial charge in [0.05, 0.1) is 12.2 Å². The van der Waals surface area contributed by atoms with Gasteiger partial charge in [-0.15, -0.1) is 0 Å². The molecule has 0 bridgehead atoms. The average Bonchev–Trinajstić information content (AvgIpc) is 2.67. The minimum Gasteiger partial charge on any atom is -0.375 e. The quantitative estimate of drug-likeness (QED) is 0.894. The second-order valence-electron chi connectivity index (χ2n) is 6.15. The molecule has 5 atom stereocenters. The number of pyridine rings is 1. The lowest BCUT2D eigenvalue weighted by molar-refractivity contribution is 0.0475. The summed E-state index contributed by atoms with van der Waals surface area (Å²) in [4.78, 5) is 4.47. The monoisotopic (exact) mass is 276 g/mol. The molecule has 0 spiro atoms. The summed E-state index contributed by atoms with van der Waals surface area (Å²) in [5, 5.41) is 3.71. The molecule has 1 aromatic heterocycles. The molecule has 2 rings (SSSR count). The van der Waals surface area contributed by atoms with E-state index in [4.69, 9.17) is 4.74 Å². The molecule has 0 radical (unpaired) electrons. The van der Waals surface area contributed by atoms with Crippen LogP contribution in [0.2, 0.25) is 0 Å². The molecule has 1 fully saturated rings. The Kier molecular flexibility index (Phi) is 5.17. The van der Waals surface area contributed by atoms with Crippen molar-refractivity contribution >= 4 is 0 Å². The van der Waals surface area contributed by atoms with E-state index in [0.29, 0.717) is 24.0 Å². The normalized spacial score (nSPS) is 31.4. The first-order valence-corrected chi connectivity index (χ1v) is 7.86. The number of hydrogen-bond acceptors (Lipinski definition) is 3. The summed E-state index contributed by atoms with van der Waals surface area (Å²) in [5.74, 6) is 1.06. The Morgan fingerprint density at radius 2 is 2.00 bits per heavy atom. The lowest BCUT2D eigenvalue weighted by Gasteiger charge is -2.30. The van der Waals surface area contributed by atoms with Crippen LogP contribution >= 0.6 is 0 Å². The second-order valence-corrected chi connectivity index (χ2v) is 6.15. The van der Waals surface area contributed by atoms with Gasteiger partial charge in [-0.05, 0) is 51.3 Å². The Bertz CT molecular complexity index is 418. The zero-order valence-corrected chi connectivity index (χ0v) is 13.4. The van der Waals surface area contributed by atoms with Crippen LogP contribution in [0.5, 0.6) is 0 Å². The number of nitrogens with zero attached hydrogens (tertiary/aromatic N) is 1. The highest BCUT2D eigenvalue weighted by atomic mass is 16.5. The van der Waals surface area contributed by atoms with Crippen LogP contribution in [-0.4, -0.2) is 23.7 Å². The fourth-order valence-corrected chi connectivity index (χ4v) is 3.31. The summed E-state index contributed by atoms with van der Waals surface area (Å²) in [6, 6.07) is 4.64. The minimum absolute atomic E-state index is 0.288. The maximum absolute atomic E-state index is 6.03. The standard InChI is InChI=1S/C17H28N2O/c1-6-9-18-17(15-8-7-11(2)19-10-15)16-12(3)13(4)20-14(16)5/h7-8,10,12-14,16-18H,6,9H2,1-5H3. The van der Waals surface area contributed by atoms with E-state index in [2.05, 4.69) is 50.1 Å². The van der Waals surface area contributed by atoms with Crippen molar-refractivity contribution < 1.29 is 4.74 Å². The van der Waals surface area contributed by atoms with Crippen molar-refractivity contribution in [2.24, 2.45) is 11.8 Å². The third kappa shape index (κ3) is 3.21. The van der Waals surface area contributed by atoms with Gasteiger partial charge in [0, 0.05) is 23.9 Å². The molecule has 20 heavy (non-hydrogen) atoms. The molecule has 0 amide bonds. The van der Waals surface area contributed by atoms with E-state index in [-0.39, 0.29) is 6.10 Å². The maximum Gasteiger partial charge on any atom is 0.0600 e. The summed E-state index contributed by atoms with van der Waals surface area (Å²) in [6.45, 7) is 12.0. The molecule has 0 aliphatic carbocycles. The van der Waals surface area contributed by atoms with Crippen LogP contribution in [0.25, 0.3) is 0 Å². The molecule has 112 valence electrons. The summed E-state index contributed by atoms with van der Waals surface area (Å²) in [5.41, 5.74) is 2.35. The van der Waals surface area contributed by atoms with Crippen molar-refractivity contribution in [3.8, 4) is 0 Å². The number of ether oxygens (including phenoxy) is 1. The Morgan fingerprint density at radius 3 is 2.50 bits per heavy atom. The third-order valence-electron chi connectivity index (χ3n) is 4.61. The first kappa shape index (κ1) is 15.5. The highest BCUT2D eigenvalue weighted by Gasteiger charge is 2.42. The van der Waals surface area contributed by atoms with Gasteiger partial charge >= 0.3 is 0 Å². The summed E-state index contributed by atoms with van der Waals surface area (Å²) in [6.07, 6.45) is 3.78. The van der Waals surface area contributed by atoms with Crippen molar-refractivity contribution in [3.05, 3.63) is 29.6 Å². The summed E-state index contributed by atoms with van der Waals surface area (Å²) in [7, 11) is 0. The largest absolute Gasteiger partial charge is 0.375 e. The molecule has 3 nitrogen and oxygen atoms in total. The lowest BCUT2D eigenvalue weighted by Crippen LogP contribution is -2.35. The van der Waals surface area contributed by atoms with Gasteiger partial charge < -0.3 is 10.1 Å².